The van der Waals surface area contributed by atoms with Crippen LogP contribution in [-0.2, 0) is 6.61 Å². The van der Waals surface area contributed by atoms with Gasteiger partial charge >= 0.3 is 5.91 Å². The summed E-state index contributed by atoms with van der Waals surface area (Å²) in [6.07, 6.45) is 0. The molecular weight excluding hydrogens is 426 g/mol. The molecule has 0 unspecified atom stereocenters. The third-order valence-electron chi connectivity index (χ3n) is 3.27. The van der Waals surface area contributed by atoms with Crippen molar-refractivity contribution >= 4 is 39.3 Å². The summed E-state index contributed by atoms with van der Waals surface area (Å²) in [4.78, 5) is 26.6. The van der Waals surface area contributed by atoms with Gasteiger partial charge in [0.05, 0.1) is 4.47 Å². The van der Waals surface area contributed by atoms with E-state index in [9.17, 15) is 9.59 Å². The van der Waals surface area contributed by atoms with E-state index in [2.05, 4.69) is 31.8 Å². The maximum absolute atomic E-state index is 12.0. The summed E-state index contributed by atoms with van der Waals surface area (Å²) in [6, 6.07) is 13.8. The molecule has 0 saturated carbocycles. The van der Waals surface area contributed by atoms with Crippen LogP contribution in [0, 0.1) is 0 Å². The number of carbonyl (C=O) groups excluding carboxylic acids is 2. The van der Waals surface area contributed by atoms with Crippen LogP contribution in [-0.4, -0.2) is 16.8 Å². The summed E-state index contributed by atoms with van der Waals surface area (Å²) < 4.78 is 11.5. The minimum Gasteiger partial charge on any atom is -0.486 e. The first kappa shape index (κ1) is 18.1. The van der Waals surface area contributed by atoms with E-state index in [1.165, 1.54) is 12.1 Å². The molecule has 0 bridgehead atoms. The molecule has 2 amide bonds. The number of aromatic nitrogens is 1. The van der Waals surface area contributed by atoms with Crippen LogP contribution in [0.3, 0.4) is 0 Å². The molecule has 0 radical (unpaired) electrons. The second-order valence-electron chi connectivity index (χ2n) is 5.12. The van der Waals surface area contributed by atoms with Crippen molar-refractivity contribution in [2.24, 2.45) is 0 Å². The van der Waals surface area contributed by atoms with Gasteiger partial charge in [-0.25, -0.2) is 0 Å². The fourth-order valence-electron chi connectivity index (χ4n) is 2.02. The lowest BCUT2D eigenvalue weighted by atomic mass is 10.3. The van der Waals surface area contributed by atoms with Crippen LogP contribution >= 0.6 is 27.5 Å². The van der Waals surface area contributed by atoms with Gasteiger partial charge in [-0.05, 0) is 46.3 Å². The number of hydrogen-bond donors (Lipinski definition) is 3. The predicted molar refractivity (Wildman–Crippen MR) is 97.9 cm³/mol. The Morgan fingerprint density at radius 2 is 1.85 bits per heavy atom. The highest BCUT2D eigenvalue weighted by atomic mass is 79.9. The summed E-state index contributed by atoms with van der Waals surface area (Å²) in [6.45, 7) is 0.179. The third kappa shape index (κ3) is 4.47. The van der Waals surface area contributed by atoms with Gasteiger partial charge in [-0.2, -0.15) is 0 Å². The zero-order valence-corrected chi connectivity index (χ0v) is 15.6. The average molecular weight is 439 g/mol. The molecule has 7 nitrogen and oxygen atoms in total. The van der Waals surface area contributed by atoms with E-state index < -0.39 is 11.8 Å². The monoisotopic (exact) mass is 437 g/mol. The molecule has 0 saturated heterocycles. The first-order valence-electron chi connectivity index (χ1n) is 7.44. The lowest BCUT2D eigenvalue weighted by molar-refractivity contribution is 0.0826. The zero-order valence-electron chi connectivity index (χ0n) is 13.2. The van der Waals surface area contributed by atoms with Crippen LogP contribution in [0.4, 0.5) is 0 Å². The van der Waals surface area contributed by atoms with Crippen molar-refractivity contribution in [3.63, 3.8) is 0 Å². The van der Waals surface area contributed by atoms with Crippen molar-refractivity contribution in [3.05, 3.63) is 75.4 Å². The number of hydrazine groups is 1. The number of nitrogens with one attached hydrogen (secondary N) is 3. The Hall–Kier alpha value is -2.71. The van der Waals surface area contributed by atoms with Gasteiger partial charge in [0, 0.05) is 0 Å². The van der Waals surface area contributed by atoms with Crippen LogP contribution in [0.25, 0.3) is 0 Å². The maximum Gasteiger partial charge on any atom is 0.305 e. The standard InChI is InChI=1S/C17H13BrClN3O4/c18-12-8-13(20-15(12)19)16(23)21-22-17(24)14-7-6-11(26-14)9-25-10-4-2-1-3-5-10/h1-8,20H,9H2,(H,21,23)(H,22,24). The van der Waals surface area contributed by atoms with Gasteiger partial charge in [0.2, 0.25) is 0 Å². The minimum absolute atomic E-state index is 0.0441. The van der Waals surface area contributed by atoms with Gasteiger partial charge in [0.1, 0.15) is 29.0 Å². The summed E-state index contributed by atoms with van der Waals surface area (Å²) in [5, 5.41) is 0.288. The number of H-pyrrole nitrogens is 1. The summed E-state index contributed by atoms with van der Waals surface area (Å²) in [7, 11) is 0. The summed E-state index contributed by atoms with van der Waals surface area (Å²) in [5.41, 5.74) is 4.72. The average Bonchev–Trinajstić information content (AvgIpc) is 3.26. The van der Waals surface area contributed by atoms with E-state index in [1.807, 2.05) is 30.3 Å². The molecule has 3 aromatic rings. The Morgan fingerprint density at radius 3 is 2.54 bits per heavy atom. The van der Waals surface area contributed by atoms with Crippen LogP contribution in [0.5, 0.6) is 5.75 Å². The SMILES string of the molecule is O=C(NNC(=O)c1ccc(COc2ccccc2)o1)c1cc(Br)c(Cl)[nH]1. The second-order valence-corrected chi connectivity index (χ2v) is 6.35. The van der Waals surface area contributed by atoms with E-state index in [-0.39, 0.29) is 23.2 Å². The van der Waals surface area contributed by atoms with E-state index in [1.54, 1.807) is 6.07 Å². The van der Waals surface area contributed by atoms with Gasteiger partial charge in [-0.15, -0.1) is 0 Å². The summed E-state index contributed by atoms with van der Waals surface area (Å²) >= 11 is 8.99. The smallest absolute Gasteiger partial charge is 0.305 e. The highest BCUT2D eigenvalue weighted by Crippen LogP contribution is 2.22. The van der Waals surface area contributed by atoms with E-state index in [0.717, 1.165) is 0 Å². The quantitative estimate of drug-likeness (QED) is 0.530. The Labute approximate surface area is 161 Å². The van der Waals surface area contributed by atoms with Gasteiger partial charge in [0.25, 0.3) is 5.91 Å². The second kappa shape index (κ2) is 8.11. The predicted octanol–water partition coefficient (Wildman–Crippen LogP) is 3.68. The van der Waals surface area contributed by atoms with Crippen LogP contribution in [0.2, 0.25) is 5.15 Å². The Morgan fingerprint density at radius 1 is 1.12 bits per heavy atom. The lowest BCUT2D eigenvalue weighted by Crippen LogP contribution is -2.41. The van der Waals surface area contributed by atoms with Crippen molar-refractivity contribution < 1.29 is 18.7 Å². The van der Waals surface area contributed by atoms with Gasteiger partial charge in [-0.1, -0.05) is 29.8 Å². The highest BCUT2D eigenvalue weighted by molar-refractivity contribution is 9.10. The molecule has 0 aliphatic heterocycles. The van der Waals surface area contributed by atoms with Crippen molar-refractivity contribution in [2.75, 3.05) is 0 Å². The molecule has 2 heterocycles. The van der Waals surface area contributed by atoms with Crippen molar-refractivity contribution in [1.29, 1.82) is 0 Å². The van der Waals surface area contributed by atoms with Crippen molar-refractivity contribution in [1.82, 2.24) is 15.8 Å². The molecule has 1 aromatic carbocycles. The largest absolute Gasteiger partial charge is 0.486 e. The minimum atomic E-state index is -0.596. The first-order valence-corrected chi connectivity index (χ1v) is 8.61. The molecule has 0 spiro atoms. The maximum atomic E-state index is 12.0. The lowest BCUT2D eigenvalue weighted by Gasteiger charge is -2.05. The Bertz CT molecular complexity index is 904. The molecule has 9 heteroatoms. The zero-order chi connectivity index (χ0) is 18.5. The van der Waals surface area contributed by atoms with Gasteiger partial charge in [0.15, 0.2) is 5.76 Å². The van der Waals surface area contributed by atoms with Crippen molar-refractivity contribution in [3.8, 4) is 5.75 Å². The molecule has 0 aliphatic carbocycles. The number of halogens is 2. The molecule has 3 N–H and O–H groups in total. The number of ether oxygens (including phenoxy) is 1. The molecule has 0 atom stereocenters. The number of carbonyl (C=O) groups is 2. The fraction of sp³-hybridized carbons (Fsp3) is 0.0588. The molecule has 134 valence electrons. The van der Waals surface area contributed by atoms with Crippen molar-refractivity contribution in [2.45, 2.75) is 6.61 Å². The highest BCUT2D eigenvalue weighted by Gasteiger charge is 2.15. The number of furan rings is 1. The number of benzene rings is 1. The number of aromatic amines is 1. The Kier molecular flexibility index (Phi) is 5.65. The van der Waals surface area contributed by atoms with E-state index >= 15 is 0 Å². The number of hydrogen-bond acceptors (Lipinski definition) is 4. The molecule has 0 aliphatic rings. The molecular formula is C17H13BrClN3O4. The van der Waals surface area contributed by atoms with Crippen LogP contribution < -0.4 is 15.6 Å². The van der Waals surface area contributed by atoms with Gasteiger partial charge < -0.3 is 14.1 Å². The summed E-state index contributed by atoms with van der Waals surface area (Å²) in [5.74, 6) is 0.0668. The molecule has 26 heavy (non-hydrogen) atoms. The van der Waals surface area contributed by atoms with E-state index in [4.69, 9.17) is 20.8 Å². The van der Waals surface area contributed by atoms with Crippen LogP contribution in [0.1, 0.15) is 26.8 Å². The normalized spacial score (nSPS) is 10.4. The van der Waals surface area contributed by atoms with Crippen LogP contribution in [0.15, 0.2) is 57.4 Å². The topological polar surface area (TPSA) is 96.4 Å². The first-order chi connectivity index (χ1) is 12.5. The molecule has 0 fully saturated rings. The number of rotatable bonds is 5. The molecule has 2 aromatic heterocycles. The fourth-order valence-corrected chi connectivity index (χ4v) is 2.50. The molecule has 3 rings (SSSR count). The number of amides is 2. The Balaban J connectivity index is 1.52. The third-order valence-corrected chi connectivity index (χ3v) is 4.42. The number of para-hydroxylation sites is 1. The van der Waals surface area contributed by atoms with E-state index in [0.29, 0.717) is 16.0 Å². The van der Waals surface area contributed by atoms with Gasteiger partial charge in [-0.3, -0.25) is 20.4 Å².